The molecule has 0 radical (unpaired) electrons. The fourth-order valence-electron chi connectivity index (χ4n) is 1.56. The van der Waals surface area contributed by atoms with Crippen LogP contribution in [0.3, 0.4) is 0 Å². The highest BCUT2D eigenvalue weighted by Gasteiger charge is 2.13. The van der Waals surface area contributed by atoms with Crippen molar-refractivity contribution in [3.05, 3.63) is 18.2 Å². The van der Waals surface area contributed by atoms with Crippen LogP contribution in [0.5, 0.6) is 5.75 Å². The Morgan fingerprint density at radius 1 is 1.53 bits per heavy atom. The van der Waals surface area contributed by atoms with Crippen LogP contribution in [-0.2, 0) is 4.79 Å². The summed E-state index contributed by atoms with van der Waals surface area (Å²) in [5, 5.41) is 12.0. The number of unbranched alkanes of at least 4 members (excludes halogenated alkanes) is 1. The smallest absolute Gasteiger partial charge is 0.227 e. The summed E-state index contributed by atoms with van der Waals surface area (Å²) in [5.74, 6) is 0.0403. The van der Waals surface area contributed by atoms with Crippen LogP contribution >= 0.6 is 0 Å². The molecule has 94 valence electrons. The van der Waals surface area contributed by atoms with Gasteiger partial charge in [-0.3, -0.25) is 4.79 Å². The highest BCUT2D eigenvalue weighted by Crippen LogP contribution is 2.24. The summed E-state index contributed by atoms with van der Waals surface area (Å²) in [5.41, 5.74) is 6.62. The van der Waals surface area contributed by atoms with Crippen LogP contribution < -0.4 is 11.1 Å². The van der Waals surface area contributed by atoms with E-state index in [1.54, 1.807) is 6.07 Å². The van der Waals surface area contributed by atoms with Gasteiger partial charge in [0.1, 0.15) is 5.75 Å². The summed E-state index contributed by atoms with van der Waals surface area (Å²) < 4.78 is 0. The summed E-state index contributed by atoms with van der Waals surface area (Å²) in [6, 6.07) is 4.53. The second-order valence-electron chi connectivity index (χ2n) is 4.30. The van der Waals surface area contributed by atoms with Gasteiger partial charge in [-0.15, -0.1) is 0 Å². The number of aromatic hydroxyl groups is 1. The van der Waals surface area contributed by atoms with Crippen molar-refractivity contribution >= 4 is 17.3 Å². The fraction of sp³-hybridized carbons (Fsp3) is 0.462. The van der Waals surface area contributed by atoms with E-state index >= 15 is 0 Å². The van der Waals surface area contributed by atoms with E-state index in [0.717, 1.165) is 19.3 Å². The van der Waals surface area contributed by atoms with Gasteiger partial charge in [-0.05, 0) is 18.6 Å². The SMILES string of the molecule is CCCCC(C)C(=O)Nc1ccc(O)cc1N. The molecule has 0 heterocycles. The van der Waals surface area contributed by atoms with Gasteiger partial charge >= 0.3 is 0 Å². The van der Waals surface area contributed by atoms with E-state index in [4.69, 9.17) is 5.73 Å². The van der Waals surface area contributed by atoms with Crippen molar-refractivity contribution in [3.63, 3.8) is 0 Å². The molecular weight excluding hydrogens is 216 g/mol. The molecule has 0 aromatic heterocycles. The predicted octanol–water partition coefficient (Wildman–Crippen LogP) is 2.74. The first kappa shape index (κ1) is 13.4. The number of carbonyl (C=O) groups excluding carboxylic acids is 1. The summed E-state index contributed by atoms with van der Waals surface area (Å²) in [6.45, 7) is 4.00. The topological polar surface area (TPSA) is 75.3 Å². The fourth-order valence-corrected chi connectivity index (χ4v) is 1.56. The third kappa shape index (κ3) is 3.98. The first-order valence-electron chi connectivity index (χ1n) is 5.94. The van der Waals surface area contributed by atoms with Gasteiger partial charge in [0.15, 0.2) is 0 Å². The maximum atomic E-state index is 11.8. The number of hydrogen-bond donors (Lipinski definition) is 3. The lowest BCUT2D eigenvalue weighted by Crippen LogP contribution is -2.20. The van der Waals surface area contributed by atoms with Crippen molar-refractivity contribution in [2.24, 2.45) is 5.92 Å². The Labute approximate surface area is 102 Å². The highest BCUT2D eigenvalue weighted by atomic mass is 16.3. The lowest BCUT2D eigenvalue weighted by Gasteiger charge is -2.13. The van der Waals surface area contributed by atoms with Crippen LogP contribution in [0, 0.1) is 5.92 Å². The summed E-state index contributed by atoms with van der Waals surface area (Å²) in [6.07, 6.45) is 3.00. The molecule has 0 saturated carbocycles. The Morgan fingerprint density at radius 3 is 2.82 bits per heavy atom. The zero-order valence-electron chi connectivity index (χ0n) is 10.4. The van der Waals surface area contributed by atoms with Crippen LogP contribution in [0.2, 0.25) is 0 Å². The van der Waals surface area contributed by atoms with Crippen molar-refractivity contribution in [1.82, 2.24) is 0 Å². The van der Waals surface area contributed by atoms with Gasteiger partial charge in [0.2, 0.25) is 5.91 Å². The normalized spacial score (nSPS) is 12.1. The maximum Gasteiger partial charge on any atom is 0.227 e. The molecule has 0 fully saturated rings. The van der Waals surface area contributed by atoms with Crippen LogP contribution in [0.15, 0.2) is 18.2 Å². The van der Waals surface area contributed by atoms with E-state index in [-0.39, 0.29) is 17.6 Å². The molecule has 1 amide bonds. The lowest BCUT2D eigenvalue weighted by atomic mass is 10.0. The number of rotatable bonds is 5. The van der Waals surface area contributed by atoms with Crippen LogP contribution in [0.4, 0.5) is 11.4 Å². The van der Waals surface area contributed by atoms with Crippen molar-refractivity contribution in [2.45, 2.75) is 33.1 Å². The molecule has 17 heavy (non-hydrogen) atoms. The minimum atomic E-state index is -0.0316. The average molecular weight is 236 g/mol. The molecule has 0 aliphatic heterocycles. The molecule has 0 aliphatic carbocycles. The molecule has 1 atom stereocenters. The van der Waals surface area contributed by atoms with Crippen LogP contribution in [0.1, 0.15) is 33.1 Å². The quantitative estimate of drug-likeness (QED) is 0.543. The Balaban J connectivity index is 2.61. The Hall–Kier alpha value is -1.71. The van der Waals surface area contributed by atoms with Crippen molar-refractivity contribution < 1.29 is 9.90 Å². The first-order chi connectivity index (χ1) is 8.04. The molecular formula is C13H20N2O2. The standard InChI is InChI=1S/C13H20N2O2/c1-3-4-5-9(2)13(17)15-12-7-6-10(16)8-11(12)14/h6-9,16H,3-5,14H2,1-2H3,(H,15,17). The molecule has 4 nitrogen and oxygen atoms in total. The second kappa shape index (κ2) is 6.13. The zero-order chi connectivity index (χ0) is 12.8. The van der Waals surface area contributed by atoms with Gasteiger partial charge in [-0.25, -0.2) is 0 Å². The summed E-state index contributed by atoms with van der Waals surface area (Å²) in [4.78, 5) is 11.8. The van der Waals surface area contributed by atoms with Crippen molar-refractivity contribution in [3.8, 4) is 5.75 Å². The summed E-state index contributed by atoms with van der Waals surface area (Å²) in [7, 11) is 0. The minimum Gasteiger partial charge on any atom is -0.508 e. The zero-order valence-corrected chi connectivity index (χ0v) is 10.4. The molecule has 0 saturated heterocycles. The molecule has 1 rings (SSSR count). The average Bonchev–Trinajstić information content (AvgIpc) is 2.29. The minimum absolute atomic E-state index is 0.0249. The number of carbonyl (C=O) groups is 1. The number of nitrogens with one attached hydrogen (secondary N) is 1. The molecule has 4 heteroatoms. The van der Waals surface area contributed by atoms with Crippen LogP contribution in [0.25, 0.3) is 0 Å². The Kier molecular flexibility index (Phi) is 4.82. The third-order valence-corrected chi connectivity index (χ3v) is 2.73. The Morgan fingerprint density at radius 2 is 2.24 bits per heavy atom. The van der Waals surface area contributed by atoms with E-state index in [1.165, 1.54) is 12.1 Å². The van der Waals surface area contributed by atoms with Gasteiger partial charge in [-0.1, -0.05) is 26.7 Å². The van der Waals surface area contributed by atoms with Crippen molar-refractivity contribution in [2.75, 3.05) is 11.1 Å². The number of amides is 1. The molecule has 4 N–H and O–H groups in total. The van der Waals surface area contributed by atoms with Crippen LogP contribution in [-0.4, -0.2) is 11.0 Å². The molecule has 0 spiro atoms. The van der Waals surface area contributed by atoms with Gasteiger partial charge in [0, 0.05) is 12.0 Å². The number of hydrogen-bond acceptors (Lipinski definition) is 3. The second-order valence-corrected chi connectivity index (χ2v) is 4.30. The molecule has 0 bridgehead atoms. The summed E-state index contributed by atoms with van der Waals surface area (Å²) >= 11 is 0. The van der Waals surface area contributed by atoms with E-state index in [9.17, 15) is 9.90 Å². The van der Waals surface area contributed by atoms with Gasteiger partial charge in [0.25, 0.3) is 0 Å². The van der Waals surface area contributed by atoms with Gasteiger partial charge < -0.3 is 16.2 Å². The van der Waals surface area contributed by atoms with E-state index in [0.29, 0.717) is 11.4 Å². The van der Waals surface area contributed by atoms with E-state index in [1.807, 2.05) is 6.92 Å². The third-order valence-electron chi connectivity index (χ3n) is 2.73. The van der Waals surface area contributed by atoms with Gasteiger partial charge in [-0.2, -0.15) is 0 Å². The molecule has 1 aromatic carbocycles. The number of nitrogens with two attached hydrogens (primary N) is 1. The number of benzene rings is 1. The first-order valence-corrected chi connectivity index (χ1v) is 5.94. The number of phenols is 1. The molecule has 0 aliphatic rings. The number of phenolic OH excluding ortho intramolecular Hbond substituents is 1. The molecule has 1 aromatic rings. The largest absolute Gasteiger partial charge is 0.508 e. The highest BCUT2D eigenvalue weighted by molar-refractivity contribution is 5.95. The number of anilines is 2. The van der Waals surface area contributed by atoms with Crippen molar-refractivity contribution in [1.29, 1.82) is 0 Å². The lowest BCUT2D eigenvalue weighted by molar-refractivity contribution is -0.119. The van der Waals surface area contributed by atoms with Gasteiger partial charge in [0.05, 0.1) is 11.4 Å². The Bertz CT molecular complexity index is 391. The maximum absolute atomic E-state index is 11.8. The monoisotopic (exact) mass is 236 g/mol. The van der Waals surface area contributed by atoms with E-state index in [2.05, 4.69) is 12.2 Å². The van der Waals surface area contributed by atoms with E-state index < -0.39 is 0 Å². The molecule has 1 unspecified atom stereocenters. The predicted molar refractivity (Wildman–Crippen MR) is 69.8 cm³/mol. The number of nitrogen functional groups attached to an aromatic ring is 1.